The van der Waals surface area contributed by atoms with Crippen molar-refractivity contribution >= 4 is 18.0 Å². The smallest absolute Gasteiger partial charge is 0.416 e. The lowest BCUT2D eigenvalue weighted by molar-refractivity contribution is -0.154. The van der Waals surface area contributed by atoms with Gasteiger partial charge >= 0.3 is 18.1 Å². The van der Waals surface area contributed by atoms with Crippen molar-refractivity contribution in [3.8, 4) is 0 Å². The molecule has 1 N–H and O–H groups in total. The molecule has 0 saturated carbocycles. The zero-order valence-electron chi connectivity index (χ0n) is 17.9. The molecule has 0 radical (unpaired) electrons. The van der Waals surface area contributed by atoms with E-state index in [0.717, 1.165) is 28.8 Å². The van der Waals surface area contributed by atoms with Gasteiger partial charge in [0, 0.05) is 12.0 Å². The van der Waals surface area contributed by atoms with Crippen LogP contribution >= 0.6 is 0 Å². The van der Waals surface area contributed by atoms with E-state index < -0.39 is 35.9 Å². The van der Waals surface area contributed by atoms with Gasteiger partial charge in [0.2, 0.25) is 0 Å². The van der Waals surface area contributed by atoms with Gasteiger partial charge in [0.25, 0.3) is 0 Å². The summed E-state index contributed by atoms with van der Waals surface area (Å²) in [7, 11) is 0. The van der Waals surface area contributed by atoms with Gasteiger partial charge in [-0.15, -0.1) is 0 Å². The molecule has 8 heteroatoms. The van der Waals surface area contributed by atoms with E-state index in [1.54, 1.807) is 13.8 Å². The first-order valence-corrected chi connectivity index (χ1v) is 9.91. The number of carbonyl (C=O) groups excluding carboxylic acids is 2. The molecule has 0 spiro atoms. The van der Waals surface area contributed by atoms with Crippen LogP contribution < -0.4 is 0 Å². The molecule has 3 rings (SSSR count). The van der Waals surface area contributed by atoms with Crippen molar-refractivity contribution < 1.29 is 37.3 Å². The Morgan fingerprint density at radius 3 is 2.28 bits per heavy atom. The molecule has 2 aromatic rings. The lowest BCUT2D eigenvalue weighted by atomic mass is 9.97. The number of benzene rings is 2. The summed E-state index contributed by atoms with van der Waals surface area (Å²) in [5.74, 6) is -1.32. The largest absolute Gasteiger partial charge is 0.458 e. The van der Waals surface area contributed by atoms with Crippen molar-refractivity contribution in [3.05, 3.63) is 75.4 Å². The molecule has 1 aliphatic heterocycles. The van der Waals surface area contributed by atoms with Crippen LogP contribution in [0.1, 0.15) is 44.6 Å². The van der Waals surface area contributed by atoms with Crippen LogP contribution in [-0.4, -0.2) is 35.9 Å². The highest BCUT2D eigenvalue weighted by atomic mass is 19.4. The van der Waals surface area contributed by atoms with Crippen molar-refractivity contribution in [1.82, 2.24) is 0 Å². The maximum atomic E-state index is 12.7. The third-order valence-corrected chi connectivity index (χ3v) is 5.30. The molecule has 0 bridgehead atoms. The van der Waals surface area contributed by atoms with Crippen LogP contribution in [0, 0.1) is 20.8 Å². The minimum absolute atomic E-state index is 0.0531. The quantitative estimate of drug-likeness (QED) is 0.537. The molecular formula is C24H23F3O5. The third kappa shape index (κ3) is 5.02. The first kappa shape index (κ1) is 23.5. The number of carbonyl (C=O) groups is 2. The number of cyclic esters (lactones) is 1. The predicted octanol–water partition coefficient (Wildman–Crippen LogP) is 4.55. The Labute approximate surface area is 183 Å². The number of ether oxygens (including phenoxy) is 2. The molecule has 32 heavy (non-hydrogen) atoms. The number of aliphatic hydroxyl groups is 1. The minimum atomic E-state index is -4.46. The van der Waals surface area contributed by atoms with Crippen molar-refractivity contribution in [3.63, 3.8) is 0 Å². The van der Waals surface area contributed by atoms with Gasteiger partial charge in [-0.2, -0.15) is 13.2 Å². The molecule has 1 saturated heterocycles. The molecule has 1 fully saturated rings. The lowest BCUT2D eigenvalue weighted by Crippen LogP contribution is -2.39. The van der Waals surface area contributed by atoms with Crippen LogP contribution in [0.5, 0.6) is 0 Å². The van der Waals surface area contributed by atoms with Gasteiger partial charge in [-0.05, 0) is 55.7 Å². The number of aliphatic hydroxyl groups excluding tert-OH is 1. The number of rotatable bonds is 5. The Morgan fingerprint density at radius 2 is 1.75 bits per heavy atom. The second-order valence-corrected chi connectivity index (χ2v) is 8.05. The van der Waals surface area contributed by atoms with Crippen LogP contribution in [-0.2, 0) is 20.4 Å². The number of hydrogen-bond acceptors (Lipinski definition) is 5. The van der Waals surface area contributed by atoms with Crippen LogP contribution in [0.15, 0.2) is 42.0 Å². The minimum Gasteiger partial charge on any atom is -0.458 e. The first-order chi connectivity index (χ1) is 14.9. The van der Waals surface area contributed by atoms with E-state index in [9.17, 15) is 27.9 Å². The number of esters is 2. The van der Waals surface area contributed by atoms with Crippen molar-refractivity contribution in [1.29, 1.82) is 0 Å². The Kier molecular flexibility index (Phi) is 6.46. The fraction of sp³-hybridized carbons (Fsp3) is 0.333. The van der Waals surface area contributed by atoms with E-state index >= 15 is 0 Å². The number of halogens is 3. The van der Waals surface area contributed by atoms with E-state index in [2.05, 4.69) is 0 Å². The maximum Gasteiger partial charge on any atom is 0.416 e. The van der Waals surface area contributed by atoms with Crippen LogP contribution in [0.25, 0.3) is 6.08 Å². The van der Waals surface area contributed by atoms with Crippen molar-refractivity contribution in [2.75, 3.05) is 13.2 Å². The molecule has 1 aliphatic rings. The zero-order chi connectivity index (χ0) is 23.7. The average Bonchev–Trinajstić information content (AvgIpc) is 3.01. The molecule has 0 aliphatic carbocycles. The summed E-state index contributed by atoms with van der Waals surface area (Å²) >= 11 is 0. The molecule has 0 amide bonds. The maximum absolute atomic E-state index is 12.7. The third-order valence-electron chi connectivity index (χ3n) is 5.30. The van der Waals surface area contributed by atoms with Crippen LogP contribution in [0.4, 0.5) is 13.2 Å². The summed E-state index contributed by atoms with van der Waals surface area (Å²) in [6.45, 7) is 4.56. The molecule has 1 unspecified atom stereocenters. The number of hydrogen-bond donors (Lipinski definition) is 1. The van der Waals surface area contributed by atoms with Gasteiger partial charge in [0.1, 0.15) is 6.61 Å². The van der Waals surface area contributed by atoms with Gasteiger partial charge in [-0.3, -0.25) is 0 Å². The Hall–Kier alpha value is -3.13. The highest BCUT2D eigenvalue weighted by Gasteiger charge is 2.44. The summed E-state index contributed by atoms with van der Waals surface area (Å²) in [6.07, 6.45) is -3.11. The fourth-order valence-electron chi connectivity index (χ4n) is 3.78. The second-order valence-electron chi connectivity index (χ2n) is 8.05. The van der Waals surface area contributed by atoms with E-state index in [-0.39, 0.29) is 18.6 Å². The van der Waals surface area contributed by atoms with E-state index in [4.69, 9.17) is 9.47 Å². The van der Waals surface area contributed by atoms with Gasteiger partial charge in [0.15, 0.2) is 5.60 Å². The van der Waals surface area contributed by atoms with Crippen molar-refractivity contribution in [2.24, 2.45) is 0 Å². The predicted molar refractivity (Wildman–Crippen MR) is 111 cm³/mol. The first-order valence-electron chi connectivity index (χ1n) is 9.91. The Morgan fingerprint density at radius 1 is 1.16 bits per heavy atom. The van der Waals surface area contributed by atoms with Crippen molar-refractivity contribution in [2.45, 2.75) is 39.0 Å². The highest BCUT2D eigenvalue weighted by molar-refractivity contribution is 5.96. The normalized spacial score (nSPS) is 19.8. The Bertz CT molecular complexity index is 1050. The fourth-order valence-corrected chi connectivity index (χ4v) is 3.78. The van der Waals surface area contributed by atoms with E-state index in [1.165, 1.54) is 18.2 Å². The summed E-state index contributed by atoms with van der Waals surface area (Å²) in [4.78, 5) is 24.9. The highest BCUT2D eigenvalue weighted by Crippen LogP contribution is 2.34. The molecule has 5 nitrogen and oxygen atoms in total. The molecule has 1 atom stereocenters. The summed E-state index contributed by atoms with van der Waals surface area (Å²) in [5, 5.41) is 9.85. The topological polar surface area (TPSA) is 72.8 Å². The second kappa shape index (κ2) is 8.78. The van der Waals surface area contributed by atoms with Gasteiger partial charge < -0.3 is 14.6 Å². The molecule has 0 aromatic heterocycles. The molecule has 1 heterocycles. The van der Waals surface area contributed by atoms with E-state index in [0.29, 0.717) is 11.1 Å². The Balaban J connectivity index is 1.74. The SMILES string of the molecule is Cc1cc(C)c(C(=O)OCC2(CO)C/C(=C\c3ccc(C(F)(F)F)cc3)C(=O)O2)c(C)c1. The summed E-state index contributed by atoms with van der Waals surface area (Å²) in [5.41, 5.74) is 1.20. The number of alkyl halides is 3. The van der Waals surface area contributed by atoms with E-state index in [1.807, 2.05) is 19.1 Å². The summed E-state index contributed by atoms with van der Waals surface area (Å²) in [6, 6.07) is 8.02. The molecule has 2 aromatic carbocycles. The number of aryl methyl sites for hydroxylation is 3. The average molecular weight is 448 g/mol. The molecule has 170 valence electrons. The molecular weight excluding hydrogens is 425 g/mol. The van der Waals surface area contributed by atoms with Gasteiger partial charge in [0.05, 0.1) is 17.7 Å². The summed E-state index contributed by atoms with van der Waals surface area (Å²) < 4.78 is 48.8. The van der Waals surface area contributed by atoms with Crippen LogP contribution in [0.3, 0.4) is 0 Å². The van der Waals surface area contributed by atoms with Gasteiger partial charge in [-0.25, -0.2) is 9.59 Å². The zero-order valence-corrected chi connectivity index (χ0v) is 17.9. The standard InChI is InChI=1S/C24H23F3O5/c1-14-8-15(2)20(16(3)9-14)22(30)31-13-23(12-28)11-18(21(29)32-23)10-17-4-6-19(7-5-17)24(25,26)27/h4-10,28H,11-13H2,1-3H3/b18-10+. The van der Waals surface area contributed by atoms with Crippen LogP contribution in [0.2, 0.25) is 0 Å². The lowest BCUT2D eigenvalue weighted by Gasteiger charge is -2.24. The monoisotopic (exact) mass is 448 g/mol. The van der Waals surface area contributed by atoms with Gasteiger partial charge in [-0.1, -0.05) is 29.8 Å².